The standard InChI is InChI=1S/C24H42N4O2/c1-25-11-12-28(2)14-22-13-26-27-23(22)21-7-9-24(10-8-21,17-29-15-19-3-4-19)18-30-16-20-5-6-20/h13,19-21,25H,3-12,14-18H2,1-2H3,(H,26,27). The van der Waals surface area contributed by atoms with E-state index in [0.717, 1.165) is 57.9 Å². The summed E-state index contributed by atoms with van der Waals surface area (Å²) in [5.74, 6) is 2.25. The van der Waals surface area contributed by atoms with Crippen LogP contribution in [0.2, 0.25) is 0 Å². The Morgan fingerprint density at radius 3 is 2.27 bits per heavy atom. The molecular formula is C24H42N4O2. The summed E-state index contributed by atoms with van der Waals surface area (Å²) < 4.78 is 12.4. The van der Waals surface area contributed by atoms with Crippen molar-refractivity contribution in [1.29, 1.82) is 0 Å². The zero-order valence-electron chi connectivity index (χ0n) is 19.1. The molecule has 170 valence electrons. The fourth-order valence-corrected chi connectivity index (χ4v) is 4.78. The lowest BCUT2D eigenvalue weighted by molar-refractivity contribution is -0.0490. The van der Waals surface area contributed by atoms with Crippen LogP contribution in [0, 0.1) is 17.3 Å². The molecule has 0 atom stereocenters. The molecule has 3 aliphatic rings. The van der Waals surface area contributed by atoms with Gasteiger partial charge in [0.1, 0.15) is 0 Å². The summed E-state index contributed by atoms with van der Waals surface area (Å²) in [4.78, 5) is 2.37. The molecular weight excluding hydrogens is 376 g/mol. The van der Waals surface area contributed by atoms with E-state index in [1.807, 2.05) is 13.2 Å². The molecule has 3 aliphatic carbocycles. The van der Waals surface area contributed by atoms with Crippen molar-refractivity contribution in [2.75, 3.05) is 53.6 Å². The van der Waals surface area contributed by atoms with Crippen LogP contribution in [0.5, 0.6) is 0 Å². The third-order valence-electron chi connectivity index (χ3n) is 7.31. The monoisotopic (exact) mass is 418 g/mol. The Labute approximate surface area is 182 Å². The second-order valence-electron chi connectivity index (χ2n) is 10.3. The number of nitrogens with zero attached hydrogens (tertiary/aromatic N) is 2. The van der Waals surface area contributed by atoms with Gasteiger partial charge in [-0.05, 0) is 77.3 Å². The molecule has 6 heteroatoms. The first kappa shape index (κ1) is 22.3. The fourth-order valence-electron chi connectivity index (χ4n) is 4.78. The van der Waals surface area contributed by atoms with Crippen LogP contribution >= 0.6 is 0 Å². The van der Waals surface area contributed by atoms with Crippen molar-refractivity contribution in [2.45, 2.75) is 63.8 Å². The first-order valence-corrected chi connectivity index (χ1v) is 12.2. The van der Waals surface area contributed by atoms with Gasteiger partial charge in [-0.3, -0.25) is 5.10 Å². The number of aromatic amines is 1. The lowest BCUT2D eigenvalue weighted by Crippen LogP contribution is -2.37. The van der Waals surface area contributed by atoms with Crippen LogP contribution in [0.25, 0.3) is 0 Å². The topological polar surface area (TPSA) is 62.4 Å². The highest BCUT2D eigenvalue weighted by molar-refractivity contribution is 5.21. The van der Waals surface area contributed by atoms with E-state index < -0.39 is 0 Å². The van der Waals surface area contributed by atoms with Crippen LogP contribution in [0.15, 0.2) is 6.20 Å². The fraction of sp³-hybridized carbons (Fsp3) is 0.875. The number of aromatic nitrogens is 2. The predicted molar refractivity (Wildman–Crippen MR) is 120 cm³/mol. The third-order valence-corrected chi connectivity index (χ3v) is 7.31. The Morgan fingerprint density at radius 1 is 1.07 bits per heavy atom. The average Bonchev–Trinajstić information content (AvgIpc) is 3.68. The highest BCUT2D eigenvalue weighted by Crippen LogP contribution is 2.44. The van der Waals surface area contributed by atoms with Crippen LogP contribution in [0.1, 0.15) is 68.5 Å². The quantitative estimate of drug-likeness (QED) is 0.484. The number of hydrogen-bond donors (Lipinski definition) is 2. The van der Waals surface area contributed by atoms with Crippen molar-refractivity contribution in [3.05, 3.63) is 17.5 Å². The van der Waals surface area contributed by atoms with E-state index in [0.29, 0.717) is 5.92 Å². The molecule has 6 nitrogen and oxygen atoms in total. The second kappa shape index (κ2) is 10.6. The summed E-state index contributed by atoms with van der Waals surface area (Å²) >= 11 is 0. The lowest BCUT2D eigenvalue weighted by atomic mass is 9.70. The van der Waals surface area contributed by atoms with E-state index in [1.165, 1.54) is 62.6 Å². The Hall–Kier alpha value is -0.950. The number of nitrogens with one attached hydrogen (secondary N) is 2. The van der Waals surface area contributed by atoms with Crippen LogP contribution in [0.3, 0.4) is 0 Å². The maximum absolute atomic E-state index is 6.20. The number of ether oxygens (including phenoxy) is 2. The minimum atomic E-state index is 0.212. The molecule has 1 aromatic heterocycles. The van der Waals surface area contributed by atoms with Gasteiger partial charge in [-0.2, -0.15) is 5.10 Å². The van der Waals surface area contributed by atoms with Crippen LogP contribution < -0.4 is 5.32 Å². The van der Waals surface area contributed by atoms with Gasteiger partial charge in [-0.15, -0.1) is 0 Å². The Morgan fingerprint density at radius 2 is 1.70 bits per heavy atom. The van der Waals surface area contributed by atoms with Crippen molar-refractivity contribution >= 4 is 0 Å². The molecule has 0 aliphatic heterocycles. The molecule has 0 saturated heterocycles. The molecule has 0 bridgehead atoms. The molecule has 0 amide bonds. The van der Waals surface area contributed by atoms with Gasteiger partial charge in [0, 0.05) is 55.4 Å². The minimum Gasteiger partial charge on any atom is -0.380 e. The predicted octanol–water partition coefficient (Wildman–Crippen LogP) is 3.56. The number of H-pyrrole nitrogens is 1. The van der Waals surface area contributed by atoms with Crippen LogP contribution in [0.4, 0.5) is 0 Å². The van der Waals surface area contributed by atoms with Crippen molar-refractivity contribution in [2.24, 2.45) is 17.3 Å². The van der Waals surface area contributed by atoms with Gasteiger partial charge in [-0.1, -0.05) is 0 Å². The molecule has 4 rings (SSSR count). The first-order valence-electron chi connectivity index (χ1n) is 12.2. The lowest BCUT2D eigenvalue weighted by Gasteiger charge is -2.40. The highest BCUT2D eigenvalue weighted by Gasteiger charge is 2.38. The van der Waals surface area contributed by atoms with Crippen molar-refractivity contribution in [3.63, 3.8) is 0 Å². The summed E-state index contributed by atoms with van der Waals surface area (Å²) in [5.41, 5.74) is 2.93. The number of hydrogen-bond acceptors (Lipinski definition) is 5. The van der Waals surface area contributed by atoms with E-state index in [-0.39, 0.29) is 5.41 Å². The Balaban J connectivity index is 1.30. The summed E-state index contributed by atoms with van der Waals surface area (Å²) in [6, 6.07) is 0. The van der Waals surface area contributed by atoms with E-state index in [4.69, 9.17) is 9.47 Å². The van der Waals surface area contributed by atoms with E-state index in [9.17, 15) is 0 Å². The molecule has 0 unspecified atom stereocenters. The zero-order valence-corrected chi connectivity index (χ0v) is 19.1. The zero-order chi connectivity index (χ0) is 20.8. The Bertz CT molecular complexity index is 613. The van der Waals surface area contributed by atoms with E-state index in [2.05, 4.69) is 27.5 Å². The molecule has 0 spiro atoms. The summed E-state index contributed by atoms with van der Waals surface area (Å²) in [6.07, 6.45) is 12.3. The molecule has 3 saturated carbocycles. The Kier molecular flexibility index (Phi) is 7.85. The summed E-state index contributed by atoms with van der Waals surface area (Å²) in [6.45, 7) is 6.69. The van der Waals surface area contributed by atoms with Crippen molar-refractivity contribution in [1.82, 2.24) is 20.4 Å². The van der Waals surface area contributed by atoms with E-state index >= 15 is 0 Å². The van der Waals surface area contributed by atoms with Gasteiger partial charge >= 0.3 is 0 Å². The molecule has 30 heavy (non-hydrogen) atoms. The summed E-state index contributed by atoms with van der Waals surface area (Å²) in [5, 5.41) is 11.0. The van der Waals surface area contributed by atoms with Crippen LogP contribution in [-0.4, -0.2) is 68.7 Å². The summed E-state index contributed by atoms with van der Waals surface area (Å²) in [7, 11) is 4.20. The smallest absolute Gasteiger partial charge is 0.0544 e. The first-order chi connectivity index (χ1) is 14.7. The number of likely N-dealkylation sites (N-methyl/N-ethyl adjacent to an activating group) is 2. The molecule has 2 N–H and O–H groups in total. The second-order valence-corrected chi connectivity index (χ2v) is 10.3. The van der Waals surface area contributed by atoms with Crippen LogP contribution in [-0.2, 0) is 16.0 Å². The maximum atomic E-state index is 6.20. The van der Waals surface area contributed by atoms with Crippen molar-refractivity contribution < 1.29 is 9.47 Å². The van der Waals surface area contributed by atoms with Gasteiger partial charge in [0.25, 0.3) is 0 Å². The molecule has 0 aromatic carbocycles. The molecule has 1 aromatic rings. The minimum absolute atomic E-state index is 0.212. The molecule has 1 heterocycles. The van der Waals surface area contributed by atoms with Gasteiger partial charge < -0.3 is 19.7 Å². The van der Waals surface area contributed by atoms with Crippen molar-refractivity contribution in [3.8, 4) is 0 Å². The molecule has 0 radical (unpaired) electrons. The van der Waals surface area contributed by atoms with Gasteiger partial charge in [-0.25, -0.2) is 0 Å². The van der Waals surface area contributed by atoms with Gasteiger partial charge in [0.15, 0.2) is 0 Å². The maximum Gasteiger partial charge on any atom is 0.0544 e. The highest BCUT2D eigenvalue weighted by atomic mass is 16.5. The largest absolute Gasteiger partial charge is 0.380 e. The van der Waals surface area contributed by atoms with E-state index in [1.54, 1.807) is 0 Å². The number of rotatable bonds is 14. The third kappa shape index (κ3) is 6.52. The van der Waals surface area contributed by atoms with Gasteiger partial charge in [0.05, 0.1) is 19.4 Å². The SMILES string of the molecule is CNCCN(C)Cc1cn[nH]c1C1CCC(COCC2CC2)(COCC2CC2)CC1. The molecule has 3 fully saturated rings. The average molecular weight is 419 g/mol. The van der Waals surface area contributed by atoms with Gasteiger partial charge in [0.2, 0.25) is 0 Å². The normalized spacial score (nSPS) is 22.1.